The van der Waals surface area contributed by atoms with E-state index in [-0.39, 0.29) is 24.5 Å². The van der Waals surface area contributed by atoms with E-state index in [1.54, 1.807) is 13.0 Å². The van der Waals surface area contributed by atoms with Crippen LogP contribution in [-0.2, 0) is 4.74 Å². The molecule has 7 heteroatoms. The first kappa shape index (κ1) is 14.6. The van der Waals surface area contributed by atoms with Crippen LogP contribution in [0.1, 0.15) is 15.9 Å². The van der Waals surface area contributed by atoms with Gasteiger partial charge in [0.05, 0.1) is 13.2 Å². The van der Waals surface area contributed by atoms with Gasteiger partial charge in [0.25, 0.3) is 5.91 Å². The third-order valence-corrected chi connectivity index (χ3v) is 3.17. The highest BCUT2D eigenvalue weighted by Gasteiger charge is 2.44. The van der Waals surface area contributed by atoms with Crippen LogP contribution in [0.4, 0.5) is 13.2 Å². The van der Waals surface area contributed by atoms with Crippen molar-refractivity contribution in [2.45, 2.75) is 19.2 Å². The van der Waals surface area contributed by atoms with Crippen molar-refractivity contribution in [3.8, 4) is 5.75 Å². The van der Waals surface area contributed by atoms with Crippen LogP contribution in [-0.4, -0.2) is 47.9 Å². The Morgan fingerprint density at radius 2 is 2.15 bits per heavy atom. The van der Waals surface area contributed by atoms with Crippen molar-refractivity contribution in [3.63, 3.8) is 0 Å². The van der Waals surface area contributed by atoms with Gasteiger partial charge in [-0.15, -0.1) is 0 Å². The van der Waals surface area contributed by atoms with Crippen LogP contribution >= 0.6 is 0 Å². The molecule has 0 aliphatic carbocycles. The molecule has 1 saturated heterocycles. The number of hydrogen-bond acceptors (Lipinski definition) is 3. The summed E-state index contributed by atoms with van der Waals surface area (Å²) in [4.78, 5) is 13.2. The molecule has 4 nitrogen and oxygen atoms in total. The maximum atomic E-state index is 12.6. The summed E-state index contributed by atoms with van der Waals surface area (Å²) < 4.78 is 42.4. The molecular weight excluding hydrogens is 275 g/mol. The Kier molecular flexibility index (Phi) is 3.89. The van der Waals surface area contributed by atoms with Crippen molar-refractivity contribution in [3.05, 3.63) is 29.3 Å². The number of carbonyl (C=O) groups excluding carboxylic acids is 1. The summed E-state index contributed by atoms with van der Waals surface area (Å²) in [5.41, 5.74) is 0.757. The molecule has 1 unspecified atom stereocenters. The molecule has 2 rings (SSSR count). The van der Waals surface area contributed by atoms with Crippen LogP contribution in [0.5, 0.6) is 5.75 Å². The molecule has 110 valence electrons. The number of hydrogen-bond donors (Lipinski definition) is 1. The Bertz CT molecular complexity index is 516. The van der Waals surface area contributed by atoms with Crippen molar-refractivity contribution in [1.29, 1.82) is 0 Å². The van der Waals surface area contributed by atoms with E-state index in [0.717, 1.165) is 4.90 Å². The van der Waals surface area contributed by atoms with Crippen LogP contribution in [0.25, 0.3) is 0 Å². The Morgan fingerprint density at radius 1 is 1.45 bits per heavy atom. The summed E-state index contributed by atoms with van der Waals surface area (Å²) >= 11 is 0. The van der Waals surface area contributed by atoms with Gasteiger partial charge in [0.15, 0.2) is 6.10 Å². The molecule has 0 radical (unpaired) electrons. The molecule has 1 aromatic carbocycles. The predicted octanol–water partition coefficient (Wildman–Crippen LogP) is 2.10. The first-order chi connectivity index (χ1) is 9.29. The molecule has 1 amide bonds. The lowest BCUT2D eigenvalue weighted by Crippen LogP contribution is -2.51. The van der Waals surface area contributed by atoms with E-state index < -0.39 is 24.7 Å². The van der Waals surface area contributed by atoms with Crippen molar-refractivity contribution in [2.24, 2.45) is 0 Å². The van der Waals surface area contributed by atoms with Gasteiger partial charge in [0.1, 0.15) is 5.75 Å². The number of ether oxygens (including phenoxy) is 1. The largest absolute Gasteiger partial charge is 0.508 e. The van der Waals surface area contributed by atoms with Gasteiger partial charge in [-0.2, -0.15) is 13.2 Å². The third-order valence-electron chi connectivity index (χ3n) is 3.17. The zero-order chi connectivity index (χ0) is 14.9. The molecule has 0 saturated carbocycles. The normalized spacial score (nSPS) is 20.0. The summed E-state index contributed by atoms with van der Waals surface area (Å²) in [5, 5.41) is 9.55. The van der Waals surface area contributed by atoms with E-state index in [1.165, 1.54) is 12.1 Å². The van der Waals surface area contributed by atoms with Gasteiger partial charge >= 0.3 is 6.18 Å². The summed E-state index contributed by atoms with van der Waals surface area (Å²) in [7, 11) is 0. The average molecular weight is 289 g/mol. The van der Waals surface area contributed by atoms with Crippen molar-refractivity contribution in [2.75, 3.05) is 19.7 Å². The monoisotopic (exact) mass is 289 g/mol. The van der Waals surface area contributed by atoms with Gasteiger partial charge in [-0.05, 0) is 24.6 Å². The van der Waals surface area contributed by atoms with Crippen molar-refractivity contribution >= 4 is 5.91 Å². The van der Waals surface area contributed by atoms with Gasteiger partial charge < -0.3 is 14.7 Å². The van der Waals surface area contributed by atoms with Gasteiger partial charge in [-0.3, -0.25) is 4.79 Å². The van der Waals surface area contributed by atoms with Gasteiger partial charge in [-0.1, -0.05) is 6.07 Å². The Balaban J connectivity index is 2.14. The highest BCUT2D eigenvalue weighted by molar-refractivity contribution is 5.94. The molecule has 1 aromatic rings. The number of rotatable bonds is 1. The maximum Gasteiger partial charge on any atom is 0.416 e. The van der Waals surface area contributed by atoms with Crippen LogP contribution in [0.15, 0.2) is 18.2 Å². The number of halogens is 3. The minimum atomic E-state index is -4.49. The van der Waals surface area contributed by atoms with E-state index in [1.807, 2.05) is 0 Å². The highest BCUT2D eigenvalue weighted by Crippen LogP contribution is 2.27. The minimum Gasteiger partial charge on any atom is -0.508 e. The molecule has 1 aliphatic rings. The summed E-state index contributed by atoms with van der Waals surface area (Å²) in [6, 6.07) is 4.29. The molecular formula is C13H14F3NO3. The van der Waals surface area contributed by atoms with Crippen LogP contribution in [0.3, 0.4) is 0 Å². The topological polar surface area (TPSA) is 49.8 Å². The highest BCUT2D eigenvalue weighted by atomic mass is 19.4. The second kappa shape index (κ2) is 5.32. The lowest BCUT2D eigenvalue weighted by Gasteiger charge is -2.33. The first-order valence-electron chi connectivity index (χ1n) is 6.06. The Hall–Kier alpha value is -1.76. The van der Waals surface area contributed by atoms with E-state index >= 15 is 0 Å². The molecule has 1 aliphatic heterocycles. The quantitative estimate of drug-likeness (QED) is 0.861. The molecule has 20 heavy (non-hydrogen) atoms. The number of carbonyl (C=O) groups is 1. The van der Waals surface area contributed by atoms with Crippen molar-refractivity contribution < 1.29 is 27.8 Å². The molecule has 1 fully saturated rings. The van der Waals surface area contributed by atoms with E-state index in [4.69, 9.17) is 0 Å². The molecule has 1 atom stereocenters. The van der Waals surface area contributed by atoms with Crippen LogP contribution in [0.2, 0.25) is 0 Å². The lowest BCUT2D eigenvalue weighted by molar-refractivity contribution is -0.233. The van der Waals surface area contributed by atoms with Crippen LogP contribution in [0, 0.1) is 6.92 Å². The first-order valence-corrected chi connectivity index (χ1v) is 6.06. The number of nitrogens with zero attached hydrogens (tertiary/aromatic N) is 1. The van der Waals surface area contributed by atoms with Crippen LogP contribution < -0.4 is 0 Å². The van der Waals surface area contributed by atoms with E-state index in [9.17, 15) is 23.1 Å². The lowest BCUT2D eigenvalue weighted by atomic mass is 10.1. The molecule has 0 spiro atoms. The number of amides is 1. The number of phenolic OH excluding ortho intramolecular Hbond substituents is 1. The predicted molar refractivity (Wildman–Crippen MR) is 64.5 cm³/mol. The minimum absolute atomic E-state index is 0.0588. The summed E-state index contributed by atoms with van der Waals surface area (Å²) in [6.07, 6.45) is -6.45. The number of phenols is 1. The molecule has 1 N–H and O–H groups in total. The number of morpholine rings is 1. The Labute approximate surface area is 113 Å². The SMILES string of the molecule is Cc1ccc(C(=O)N2CCOC(C(F)(F)F)C2)cc1O. The second-order valence-corrected chi connectivity index (χ2v) is 4.65. The van der Waals surface area contributed by atoms with Gasteiger partial charge in [0, 0.05) is 12.1 Å². The fourth-order valence-corrected chi connectivity index (χ4v) is 1.96. The zero-order valence-corrected chi connectivity index (χ0v) is 10.8. The van der Waals surface area contributed by atoms with Crippen molar-refractivity contribution in [1.82, 2.24) is 4.90 Å². The number of aromatic hydroxyl groups is 1. The smallest absolute Gasteiger partial charge is 0.416 e. The molecule has 0 aromatic heterocycles. The average Bonchev–Trinajstić information content (AvgIpc) is 2.40. The fraction of sp³-hybridized carbons (Fsp3) is 0.462. The number of alkyl halides is 3. The molecule has 0 bridgehead atoms. The van der Waals surface area contributed by atoms with Gasteiger partial charge in [0.2, 0.25) is 0 Å². The summed E-state index contributed by atoms with van der Waals surface area (Å²) in [5.74, 6) is -0.602. The second-order valence-electron chi connectivity index (χ2n) is 4.65. The van der Waals surface area contributed by atoms with E-state index in [2.05, 4.69) is 4.74 Å². The summed E-state index contributed by atoms with van der Waals surface area (Å²) in [6.45, 7) is 1.07. The fourth-order valence-electron chi connectivity index (χ4n) is 1.96. The number of aryl methyl sites for hydroxylation is 1. The third kappa shape index (κ3) is 3.04. The number of benzene rings is 1. The maximum absolute atomic E-state index is 12.6. The van der Waals surface area contributed by atoms with E-state index in [0.29, 0.717) is 5.56 Å². The van der Waals surface area contributed by atoms with Gasteiger partial charge in [-0.25, -0.2) is 0 Å². The molecule has 1 heterocycles. The standard InChI is InChI=1S/C13H14F3NO3/c1-8-2-3-9(6-10(8)18)12(19)17-4-5-20-11(7-17)13(14,15)16/h2-3,6,11,18H,4-5,7H2,1H3. The zero-order valence-electron chi connectivity index (χ0n) is 10.8. The Morgan fingerprint density at radius 3 is 2.75 bits per heavy atom.